The summed E-state index contributed by atoms with van der Waals surface area (Å²) in [6.07, 6.45) is 2.06. The van der Waals surface area contributed by atoms with E-state index >= 15 is 0 Å². The topological polar surface area (TPSA) is 21.3 Å². The second-order valence-corrected chi connectivity index (χ2v) is 4.84. The average molecular weight is 247 g/mol. The zero-order valence-corrected chi connectivity index (χ0v) is 11.9. The van der Waals surface area contributed by atoms with Gasteiger partial charge >= 0.3 is 0 Å². The fourth-order valence-corrected chi connectivity index (χ4v) is 1.72. The molecule has 0 bridgehead atoms. The summed E-state index contributed by atoms with van der Waals surface area (Å²) in [7, 11) is 0. The monoisotopic (exact) mass is 247 g/mol. The molecule has 0 aliphatic rings. The number of hydrogen-bond donors (Lipinski definition) is 1. The second kappa shape index (κ2) is 7.93. The SMILES string of the molecule is C=C(C)CCOc1ccc(C)cc1CNCCC. The standard InChI is InChI=1S/C16H25NO/c1-5-9-17-12-15-11-14(4)6-7-16(15)18-10-8-13(2)3/h6-7,11,17H,2,5,8-10,12H2,1,3-4H3. The van der Waals surface area contributed by atoms with E-state index in [1.165, 1.54) is 11.1 Å². The van der Waals surface area contributed by atoms with Gasteiger partial charge < -0.3 is 10.1 Å². The van der Waals surface area contributed by atoms with Gasteiger partial charge in [-0.3, -0.25) is 0 Å². The minimum Gasteiger partial charge on any atom is -0.493 e. The Morgan fingerprint density at radius 1 is 1.39 bits per heavy atom. The van der Waals surface area contributed by atoms with Crippen LogP contribution in [0.4, 0.5) is 0 Å². The molecule has 1 N–H and O–H groups in total. The molecule has 0 aliphatic carbocycles. The van der Waals surface area contributed by atoms with Gasteiger partial charge in [-0.25, -0.2) is 0 Å². The molecule has 18 heavy (non-hydrogen) atoms. The minimum absolute atomic E-state index is 0.708. The van der Waals surface area contributed by atoms with Crippen LogP contribution < -0.4 is 10.1 Å². The fraction of sp³-hybridized carbons (Fsp3) is 0.500. The molecule has 0 saturated heterocycles. The molecule has 0 radical (unpaired) electrons. The molecule has 0 aliphatic heterocycles. The van der Waals surface area contributed by atoms with Gasteiger partial charge in [-0.05, 0) is 32.9 Å². The highest BCUT2D eigenvalue weighted by atomic mass is 16.5. The number of ether oxygens (including phenoxy) is 1. The zero-order valence-electron chi connectivity index (χ0n) is 11.9. The van der Waals surface area contributed by atoms with Gasteiger partial charge in [0.1, 0.15) is 5.75 Å². The predicted octanol–water partition coefficient (Wildman–Crippen LogP) is 3.84. The third-order valence-corrected chi connectivity index (χ3v) is 2.74. The highest BCUT2D eigenvalue weighted by Gasteiger charge is 2.04. The van der Waals surface area contributed by atoms with Gasteiger partial charge in [-0.1, -0.05) is 30.2 Å². The lowest BCUT2D eigenvalue weighted by molar-refractivity contribution is 0.317. The summed E-state index contributed by atoms with van der Waals surface area (Å²) < 4.78 is 5.83. The fourth-order valence-electron chi connectivity index (χ4n) is 1.72. The number of rotatable bonds is 8. The Hall–Kier alpha value is -1.28. The van der Waals surface area contributed by atoms with Crippen molar-refractivity contribution in [2.24, 2.45) is 0 Å². The maximum atomic E-state index is 5.83. The number of hydrogen-bond acceptors (Lipinski definition) is 2. The second-order valence-electron chi connectivity index (χ2n) is 4.84. The molecule has 2 nitrogen and oxygen atoms in total. The van der Waals surface area contributed by atoms with Gasteiger partial charge in [0.15, 0.2) is 0 Å². The molecule has 0 unspecified atom stereocenters. The van der Waals surface area contributed by atoms with Crippen molar-refractivity contribution in [2.75, 3.05) is 13.2 Å². The van der Waals surface area contributed by atoms with Crippen LogP contribution in [0.3, 0.4) is 0 Å². The van der Waals surface area contributed by atoms with Crippen molar-refractivity contribution in [3.8, 4) is 5.75 Å². The van der Waals surface area contributed by atoms with E-state index in [1.807, 2.05) is 6.92 Å². The lowest BCUT2D eigenvalue weighted by Crippen LogP contribution is -2.15. The molecule has 0 atom stereocenters. The number of aryl methyl sites for hydroxylation is 1. The first-order valence-electron chi connectivity index (χ1n) is 6.71. The van der Waals surface area contributed by atoms with Crippen LogP contribution in [0.1, 0.15) is 37.8 Å². The van der Waals surface area contributed by atoms with Crippen molar-refractivity contribution < 1.29 is 4.74 Å². The van der Waals surface area contributed by atoms with Gasteiger partial charge in [-0.15, -0.1) is 6.58 Å². The molecule has 1 rings (SSSR count). The molecule has 0 amide bonds. The Kier molecular flexibility index (Phi) is 6.51. The van der Waals surface area contributed by atoms with E-state index in [-0.39, 0.29) is 0 Å². The highest BCUT2D eigenvalue weighted by Crippen LogP contribution is 2.20. The molecule has 0 heterocycles. The zero-order chi connectivity index (χ0) is 13.4. The maximum absolute atomic E-state index is 5.83. The van der Waals surface area contributed by atoms with Crippen molar-refractivity contribution in [3.63, 3.8) is 0 Å². The van der Waals surface area contributed by atoms with Crippen molar-refractivity contribution in [2.45, 2.75) is 40.2 Å². The van der Waals surface area contributed by atoms with E-state index in [2.05, 4.69) is 43.9 Å². The third kappa shape index (κ3) is 5.37. The lowest BCUT2D eigenvalue weighted by atomic mass is 10.1. The molecule has 2 heteroatoms. The summed E-state index contributed by atoms with van der Waals surface area (Å²) in [6.45, 7) is 12.8. The van der Waals surface area contributed by atoms with Gasteiger partial charge in [0.25, 0.3) is 0 Å². The summed E-state index contributed by atoms with van der Waals surface area (Å²) in [6, 6.07) is 6.36. The van der Waals surface area contributed by atoms with Crippen LogP contribution in [0.5, 0.6) is 5.75 Å². The van der Waals surface area contributed by atoms with E-state index in [9.17, 15) is 0 Å². The van der Waals surface area contributed by atoms with E-state index in [0.29, 0.717) is 6.61 Å². The molecule has 0 saturated carbocycles. The number of nitrogens with one attached hydrogen (secondary N) is 1. The quantitative estimate of drug-likeness (QED) is 0.556. The Labute approximate surface area is 111 Å². The third-order valence-electron chi connectivity index (χ3n) is 2.74. The van der Waals surface area contributed by atoms with Crippen LogP contribution in [0.2, 0.25) is 0 Å². The summed E-state index contributed by atoms with van der Waals surface area (Å²) in [5.41, 5.74) is 3.67. The van der Waals surface area contributed by atoms with Gasteiger partial charge in [0, 0.05) is 18.5 Å². The van der Waals surface area contributed by atoms with E-state index < -0.39 is 0 Å². The Balaban J connectivity index is 2.60. The summed E-state index contributed by atoms with van der Waals surface area (Å²) >= 11 is 0. The van der Waals surface area contributed by atoms with Crippen LogP contribution in [0, 0.1) is 6.92 Å². The Morgan fingerprint density at radius 2 is 2.17 bits per heavy atom. The Bertz CT molecular complexity index is 385. The van der Waals surface area contributed by atoms with Crippen LogP contribution in [0.25, 0.3) is 0 Å². The van der Waals surface area contributed by atoms with Crippen molar-refractivity contribution in [1.29, 1.82) is 0 Å². The molecule has 1 aromatic rings. The van der Waals surface area contributed by atoms with E-state index in [4.69, 9.17) is 4.74 Å². The van der Waals surface area contributed by atoms with E-state index in [1.54, 1.807) is 0 Å². The summed E-state index contributed by atoms with van der Waals surface area (Å²) in [5, 5.41) is 3.42. The van der Waals surface area contributed by atoms with Crippen molar-refractivity contribution in [1.82, 2.24) is 5.32 Å². The maximum Gasteiger partial charge on any atom is 0.123 e. The Morgan fingerprint density at radius 3 is 2.83 bits per heavy atom. The van der Waals surface area contributed by atoms with Gasteiger partial charge in [0.05, 0.1) is 6.61 Å². The summed E-state index contributed by atoms with van der Waals surface area (Å²) in [4.78, 5) is 0. The molecule has 100 valence electrons. The molecular weight excluding hydrogens is 222 g/mol. The highest BCUT2D eigenvalue weighted by molar-refractivity contribution is 5.36. The van der Waals surface area contributed by atoms with Crippen LogP contribution in [-0.4, -0.2) is 13.2 Å². The first-order chi connectivity index (χ1) is 8.63. The van der Waals surface area contributed by atoms with Crippen LogP contribution >= 0.6 is 0 Å². The minimum atomic E-state index is 0.708. The smallest absolute Gasteiger partial charge is 0.123 e. The predicted molar refractivity (Wildman–Crippen MR) is 78.1 cm³/mol. The molecule has 0 fully saturated rings. The van der Waals surface area contributed by atoms with Gasteiger partial charge in [0.2, 0.25) is 0 Å². The van der Waals surface area contributed by atoms with E-state index in [0.717, 1.165) is 37.3 Å². The molecule has 0 aromatic heterocycles. The largest absolute Gasteiger partial charge is 0.493 e. The first kappa shape index (κ1) is 14.8. The molecule has 0 spiro atoms. The first-order valence-corrected chi connectivity index (χ1v) is 6.71. The van der Waals surface area contributed by atoms with Crippen molar-refractivity contribution in [3.05, 3.63) is 41.5 Å². The molecule has 1 aromatic carbocycles. The van der Waals surface area contributed by atoms with Gasteiger partial charge in [-0.2, -0.15) is 0 Å². The lowest BCUT2D eigenvalue weighted by Gasteiger charge is -2.13. The normalized spacial score (nSPS) is 10.4. The molecular formula is C16H25NO. The summed E-state index contributed by atoms with van der Waals surface area (Å²) in [5.74, 6) is 0.991. The average Bonchev–Trinajstić information content (AvgIpc) is 2.32. The van der Waals surface area contributed by atoms with Crippen molar-refractivity contribution >= 4 is 0 Å². The van der Waals surface area contributed by atoms with Crippen LogP contribution in [-0.2, 0) is 6.54 Å². The number of benzene rings is 1. The van der Waals surface area contributed by atoms with Crippen LogP contribution in [0.15, 0.2) is 30.4 Å².